The van der Waals surface area contributed by atoms with Crippen LogP contribution in [0.25, 0.3) is 0 Å². The second-order valence-corrected chi connectivity index (χ2v) is 4.36. The highest BCUT2D eigenvalue weighted by molar-refractivity contribution is 6.31. The summed E-state index contributed by atoms with van der Waals surface area (Å²) in [5.74, 6) is 0. The molecule has 0 amide bonds. The van der Waals surface area contributed by atoms with Gasteiger partial charge in [-0.15, -0.1) is 0 Å². The van der Waals surface area contributed by atoms with Crippen molar-refractivity contribution in [1.82, 2.24) is 0 Å². The largest absolute Gasteiger partial charge is 0.330 e. The van der Waals surface area contributed by atoms with Gasteiger partial charge in [0.25, 0.3) is 0 Å². The summed E-state index contributed by atoms with van der Waals surface area (Å²) in [4.78, 5) is 0. The Labute approximate surface area is 83.9 Å². The van der Waals surface area contributed by atoms with Crippen molar-refractivity contribution in [2.75, 3.05) is 6.54 Å². The van der Waals surface area contributed by atoms with Crippen LogP contribution in [0.5, 0.6) is 0 Å². The summed E-state index contributed by atoms with van der Waals surface area (Å²) in [7, 11) is 0. The first-order valence-corrected chi connectivity index (χ1v) is 5.02. The Morgan fingerprint density at radius 3 is 2.62 bits per heavy atom. The molecule has 2 rings (SSSR count). The number of hydrogen-bond donors (Lipinski definition) is 1. The Kier molecular flexibility index (Phi) is 2.09. The van der Waals surface area contributed by atoms with E-state index < -0.39 is 0 Å². The van der Waals surface area contributed by atoms with E-state index in [0.29, 0.717) is 0 Å². The average Bonchev–Trinajstić information content (AvgIpc) is 2.90. The molecule has 1 fully saturated rings. The van der Waals surface area contributed by atoms with E-state index in [1.807, 2.05) is 6.92 Å². The smallest absolute Gasteiger partial charge is 0.0438 e. The molecular formula is C11H14ClN. The van der Waals surface area contributed by atoms with Gasteiger partial charge in [0.15, 0.2) is 0 Å². The molecule has 2 N–H and O–H groups in total. The molecule has 0 bridgehead atoms. The van der Waals surface area contributed by atoms with Crippen LogP contribution in [-0.2, 0) is 5.41 Å². The fraction of sp³-hybridized carbons (Fsp3) is 0.455. The van der Waals surface area contributed by atoms with Crippen molar-refractivity contribution in [1.29, 1.82) is 0 Å². The van der Waals surface area contributed by atoms with Gasteiger partial charge in [0.1, 0.15) is 0 Å². The molecule has 0 unspecified atom stereocenters. The first-order valence-electron chi connectivity index (χ1n) is 4.65. The highest BCUT2D eigenvalue weighted by Crippen LogP contribution is 2.47. The third kappa shape index (κ3) is 1.47. The van der Waals surface area contributed by atoms with Crippen LogP contribution in [0.2, 0.25) is 5.02 Å². The molecule has 0 radical (unpaired) electrons. The standard InChI is InChI=1S/C11H14ClN/c1-8-2-3-9(6-10(8)12)11(7-13)4-5-11/h2-3,6H,4-5,7,13H2,1H3. The van der Waals surface area contributed by atoms with Gasteiger partial charge in [0, 0.05) is 17.0 Å². The monoisotopic (exact) mass is 195 g/mol. The second-order valence-electron chi connectivity index (χ2n) is 3.95. The normalized spacial score (nSPS) is 18.7. The van der Waals surface area contributed by atoms with Crippen molar-refractivity contribution in [2.24, 2.45) is 5.73 Å². The van der Waals surface area contributed by atoms with E-state index in [1.54, 1.807) is 0 Å². The quantitative estimate of drug-likeness (QED) is 0.772. The van der Waals surface area contributed by atoms with Crippen LogP contribution in [0.3, 0.4) is 0 Å². The lowest BCUT2D eigenvalue weighted by Gasteiger charge is -2.13. The van der Waals surface area contributed by atoms with E-state index in [9.17, 15) is 0 Å². The van der Waals surface area contributed by atoms with Crippen molar-refractivity contribution < 1.29 is 0 Å². The third-order valence-electron chi connectivity index (χ3n) is 3.03. The first kappa shape index (κ1) is 9.04. The molecule has 1 nitrogen and oxygen atoms in total. The maximum Gasteiger partial charge on any atom is 0.0438 e. The van der Waals surface area contributed by atoms with Crippen molar-refractivity contribution in [2.45, 2.75) is 25.2 Å². The van der Waals surface area contributed by atoms with Gasteiger partial charge in [-0.3, -0.25) is 0 Å². The molecule has 70 valence electrons. The molecule has 0 heterocycles. The molecule has 13 heavy (non-hydrogen) atoms. The Morgan fingerprint density at radius 1 is 1.46 bits per heavy atom. The highest BCUT2D eigenvalue weighted by atomic mass is 35.5. The molecule has 0 spiro atoms. The summed E-state index contributed by atoms with van der Waals surface area (Å²) in [5.41, 5.74) is 8.46. The van der Waals surface area contributed by atoms with Crippen LogP contribution in [0.4, 0.5) is 0 Å². The number of rotatable bonds is 2. The summed E-state index contributed by atoms with van der Waals surface area (Å²) < 4.78 is 0. The van der Waals surface area contributed by atoms with Crippen molar-refractivity contribution in [3.05, 3.63) is 34.3 Å². The highest BCUT2D eigenvalue weighted by Gasteiger charge is 2.42. The number of halogens is 1. The van der Waals surface area contributed by atoms with Gasteiger partial charge in [-0.25, -0.2) is 0 Å². The van der Waals surface area contributed by atoms with Crippen LogP contribution < -0.4 is 5.73 Å². The van der Waals surface area contributed by atoms with Gasteiger partial charge >= 0.3 is 0 Å². The minimum atomic E-state index is 0.261. The maximum atomic E-state index is 6.06. The summed E-state index contributed by atoms with van der Waals surface area (Å²) in [6.45, 7) is 2.76. The number of hydrogen-bond acceptors (Lipinski definition) is 1. The van der Waals surface area contributed by atoms with E-state index >= 15 is 0 Å². The minimum absolute atomic E-state index is 0.261. The Morgan fingerprint density at radius 2 is 2.15 bits per heavy atom. The van der Waals surface area contributed by atoms with E-state index in [4.69, 9.17) is 17.3 Å². The molecule has 0 atom stereocenters. The summed E-state index contributed by atoms with van der Waals surface area (Å²) >= 11 is 6.06. The van der Waals surface area contributed by atoms with E-state index in [2.05, 4.69) is 18.2 Å². The molecule has 1 aromatic carbocycles. The predicted octanol–water partition coefficient (Wildman–Crippen LogP) is 2.64. The van der Waals surface area contributed by atoms with Gasteiger partial charge in [-0.05, 0) is 37.0 Å². The number of benzene rings is 1. The minimum Gasteiger partial charge on any atom is -0.330 e. The topological polar surface area (TPSA) is 26.0 Å². The lowest BCUT2D eigenvalue weighted by atomic mass is 9.95. The Balaban J connectivity index is 2.37. The summed E-state index contributed by atoms with van der Waals surface area (Å²) in [6.07, 6.45) is 2.42. The summed E-state index contributed by atoms with van der Waals surface area (Å²) in [6, 6.07) is 6.30. The molecule has 0 aromatic heterocycles. The second kappa shape index (κ2) is 3.00. The lowest BCUT2D eigenvalue weighted by Crippen LogP contribution is -2.19. The van der Waals surface area contributed by atoms with Gasteiger partial charge < -0.3 is 5.73 Å². The molecule has 0 saturated heterocycles. The SMILES string of the molecule is Cc1ccc(C2(CN)CC2)cc1Cl. The number of aryl methyl sites for hydroxylation is 1. The van der Waals surface area contributed by atoms with Crippen molar-refractivity contribution in [3.8, 4) is 0 Å². The molecule has 1 aromatic rings. The van der Waals surface area contributed by atoms with E-state index in [0.717, 1.165) is 17.1 Å². The maximum absolute atomic E-state index is 6.06. The lowest BCUT2D eigenvalue weighted by molar-refractivity contribution is 0.704. The predicted molar refractivity (Wildman–Crippen MR) is 56.2 cm³/mol. The van der Waals surface area contributed by atoms with Crippen LogP contribution >= 0.6 is 11.6 Å². The van der Waals surface area contributed by atoms with Crippen LogP contribution in [-0.4, -0.2) is 6.54 Å². The first-order chi connectivity index (χ1) is 6.18. The van der Waals surface area contributed by atoms with Crippen LogP contribution in [0.15, 0.2) is 18.2 Å². The molecule has 1 aliphatic carbocycles. The zero-order valence-corrected chi connectivity index (χ0v) is 8.56. The van der Waals surface area contributed by atoms with Gasteiger partial charge in [0.05, 0.1) is 0 Å². The van der Waals surface area contributed by atoms with E-state index in [-0.39, 0.29) is 5.41 Å². The summed E-state index contributed by atoms with van der Waals surface area (Å²) in [5, 5.41) is 0.859. The zero-order valence-electron chi connectivity index (χ0n) is 7.81. The van der Waals surface area contributed by atoms with Gasteiger partial charge in [-0.1, -0.05) is 23.7 Å². The molecule has 1 aliphatic rings. The van der Waals surface area contributed by atoms with Crippen molar-refractivity contribution in [3.63, 3.8) is 0 Å². The molecule has 1 saturated carbocycles. The van der Waals surface area contributed by atoms with Crippen molar-refractivity contribution >= 4 is 11.6 Å². The third-order valence-corrected chi connectivity index (χ3v) is 3.44. The van der Waals surface area contributed by atoms with Crippen LogP contribution in [0.1, 0.15) is 24.0 Å². The fourth-order valence-corrected chi connectivity index (χ4v) is 1.86. The Bertz CT molecular complexity index is 329. The molecular weight excluding hydrogens is 182 g/mol. The van der Waals surface area contributed by atoms with E-state index in [1.165, 1.54) is 18.4 Å². The average molecular weight is 196 g/mol. The fourth-order valence-electron chi connectivity index (χ4n) is 1.68. The molecule has 2 heteroatoms. The Hall–Kier alpha value is -0.530. The number of nitrogens with two attached hydrogens (primary N) is 1. The van der Waals surface area contributed by atoms with Crippen LogP contribution in [0, 0.1) is 6.92 Å². The van der Waals surface area contributed by atoms with Gasteiger partial charge in [-0.2, -0.15) is 0 Å². The zero-order chi connectivity index (χ0) is 9.47. The van der Waals surface area contributed by atoms with Gasteiger partial charge in [0.2, 0.25) is 0 Å². The molecule has 0 aliphatic heterocycles.